The quantitative estimate of drug-likeness (QED) is 0.421. The summed E-state index contributed by atoms with van der Waals surface area (Å²) < 4.78 is 11.3. The van der Waals surface area contributed by atoms with Crippen LogP contribution in [0.25, 0.3) is 0 Å². The molecule has 0 aliphatic carbocycles. The van der Waals surface area contributed by atoms with Crippen LogP contribution in [0.2, 0.25) is 5.02 Å². The number of nitrogens with zero attached hydrogens (tertiary/aromatic N) is 2. The molecule has 6 rings (SSSR count). The summed E-state index contributed by atoms with van der Waals surface area (Å²) in [7, 11) is 1.54. The van der Waals surface area contributed by atoms with Crippen molar-refractivity contribution in [2.24, 2.45) is 5.92 Å². The summed E-state index contributed by atoms with van der Waals surface area (Å²) in [6.07, 6.45) is 3.05. The Labute approximate surface area is 243 Å². The maximum Gasteiger partial charge on any atom is 0.305 e. The molecule has 2 fully saturated rings. The van der Waals surface area contributed by atoms with E-state index in [9.17, 15) is 19.2 Å². The fourth-order valence-electron chi connectivity index (χ4n) is 5.61. The number of nitrogens with one attached hydrogen (secondary N) is 1. The fraction of sp³-hybridized carbons (Fsp3) is 0.357. The van der Waals surface area contributed by atoms with Gasteiger partial charge in [0.25, 0.3) is 5.91 Å². The summed E-state index contributed by atoms with van der Waals surface area (Å²) in [6, 6.07) is 11.8. The molecule has 3 aliphatic heterocycles. The minimum absolute atomic E-state index is 0.109. The number of carbonyl (C=O) groups excluding carboxylic acids is 3. The van der Waals surface area contributed by atoms with Gasteiger partial charge in [-0.2, -0.15) is 0 Å². The minimum Gasteiger partial charge on any atom is -0.497 e. The van der Waals surface area contributed by atoms with E-state index in [1.807, 2.05) is 0 Å². The zero-order valence-corrected chi connectivity index (χ0v) is 23.9. The van der Waals surface area contributed by atoms with Gasteiger partial charge >= 0.3 is 4.87 Å². The molecule has 3 aliphatic rings. The van der Waals surface area contributed by atoms with Crippen LogP contribution in [-0.2, 0) is 14.4 Å². The van der Waals surface area contributed by atoms with Crippen molar-refractivity contribution in [3.63, 3.8) is 0 Å². The highest BCUT2D eigenvalue weighted by atomic mass is 35.5. The normalized spacial score (nSPS) is 22.2. The average molecular weight is 600 g/mol. The molecule has 4 heterocycles. The van der Waals surface area contributed by atoms with Crippen LogP contribution in [0.4, 0.5) is 5.69 Å². The van der Waals surface area contributed by atoms with E-state index in [4.69, 9.17) is 21.1 Å². The maximum absolute atomic E-state index is 14.0. The van der Waals surface area contributed by atoms with Crippen molar-refractivity contribution in [2.75, 3.05) is 31.7 Å². The molecule has 0 saturated carbocycles. The number of aromatic nitrogens is 1. The number of hydrogen-bond acceptors (Lipinski definition) is 8. The molecule has 9 nitrogen and oxygen atoms in total. The lowest BCUT2D eigenvalue weighted by Crippen LogP contribution is -2.38. The highest BCUT2D eigenvalue weighted by Gasteiger charge is 2.56. The van der Waals surface area contributed by atoms with Gasteiger partial charge in [-0.15, -0.1) is 0 Å². The number of carbonyl (C=O) groups is 3. The van der Waals surface area contributed by atoms with Crippen molar-refractivity contribution in [3.8, 4) is 11.5 Å². The zero-order chi connectivity index (χ0) is 28.0. The molecule has 2 aromatic carbocycles. The highest BCUT2D eigenvalue weighted by molar-refractivity contribution is 8.00. The molecule has 3 aromatic rings. The number of fused-ring (bicyclic) bond motifs is 2. The van der Waals surface area contributed by atoms with Crippen molar-refractivity contribution < 1.29 is 23.9 Å². The van der Waals surface area contributed by atoms with Crippen molar-refractivity contribution in [1.82, 2.24) is 9.88 Å². The van der Waals surface area contributed by atoms with Gasteiger partial charge in [-0.05, 0) is 61.7 Å². The number of rotatable bonds is 6. The molecule has 0 radical (unpaired) electrons. The first-order valence-electron chi connectivity index (χ1n) is 13.0. The number of aromatic amines is 1. The Bertz CT molecular complexity index is 1530. The Kier molecular flexibility index (Phi) is 7.37. The van der Waals surface area contributed by atoms with Gasteiger partial charge in [-0.25, -0.2) is 4.90 Å². The maximum atomic E-state index is 14.0. The Morgan fingerprint density at radius 3 is 2.52 bits per heavy atom. The Balaban J connectivity index is 1.38. The number of benzene rings is 2. The molecule has 40 heavy (non-hydrogen) atoms. The van der Waals surface area contributed by atoms with Gasteiger partial charge in [0.2, 0.25) is 11.8 Å². The lowest BCUT2D eigenvalue weighted by atomic mass is 9.82. The van der Waals surface area contributed by atoms with Crippen LogP contribution in [0, 0.1) is 5.92 Å². The molecular weight excluding hydrogens is 574 g/mol. The fourth-order valence-corrected chi connectivity index (χ4v) is 8.29. The van der Waals surface area contributed by atoms with Crippen LogP contribution in [0.5, 0.6) is 11.5 Å². The summed E-state index contributed by atoms with van der Waals surface area (Å²) in [5.74, 6) is -1.34. The third-order valence-electron chi connectivity index (χ3n) is 7.52. The molecule has 1 N–H and O–H groups in total. The SMILES string of the molecule is COc1ccc(N2C(=O)C3Sc4[nH]c(=O)sc4[C@H](c4cc(Cl)ccc4OCC(=O)N4CCCCC4)C3C2=O)cc1. The van der Waals surface area contributed by atoms with Crippen LogP contribution >= 0.6 is 34.7 Å². The van der Waals surface area contributed by atoms with E-state index < -0.39 is 17.1 Å². The van der Waals surface area contributed by atoms with E-state index in [1.165, 1.54) is 16.7 Å². The number of thiazole rings is 1. The predicted molar refractivity (Wildman–Crippen MR) is 153 cm³/mol. The molecule has 12 heteroatoms. The van der Waals surface area contributed by atoms with Crippen molar-refractivity contribution >= 4 is 58.1 Å². The van der Waals surface area contributed by atoms with E-state index in [0.29, 0.717) is 50.8 Å². The molecule has 2 saturated heterocycles. The van der Waals surface area contributed by atoms with Gasteiger partial charge in [-0.3, -0.25) is 19.2 Å². The zero-order valence-electron chi connectivity index (χ0n) is 21.6. The largest absolute Gasteiger partial charge is 0.497 e. The van der Waals surface area contributed by atoms with E-state index in [-0.39, 0.29) is 29.2 Å². The molecular formula is C28H26ClN3O6S2. The minimum atomic E-state index is -0.808. The van der Waals surface area contributed by atoms with Gasteiger partial charge in [0.1, 0.15) is 16.7 Å². The second kappa shape index (κ2) is 10.9. The Morgan fingerprint density at radius 2 is 1.80 bits per heavy atom. The highest BCUT2D eigenvalue weighted by Crippen LogP contribution is 2.54. The van der Waals surface area contributed by atoms with E-state index in [1.54, 1.807) is 54.5 Å². The number of anilines is 1. The molecule has 2 unspecified atom stereocenters. The van der Waals surface area contributed by atoms with Crippen molar-refractivity contribution in [3.05, 3.63) is 67.6 Å². The van der Waals surface area contributed by atoms with Gasteiger partial charge < -0.3 is 19.4 Å². The summed E-state index contributed by atoms with van der Waals surface area (Å²) in [5.41, 5.74) is 1.000. The number of hydrogen-bond donors (Lipinski definition) is 1. The number of H-pyrrole nitrogens is 1. The van der Waals surface area contributed by atoms with Crippen molar-refractivity contribution in [1.29, 1.82) is 0 Å². The number of methoxy groups -OCH3 is 1. The molecule has 0 bridgehead atoms. The summed E-state index contributed by atoms with van der Waals surface area (Å²) in [5, 5.41) is 0.196. The van der Waals surface area contributed by atoms with Gasteiger partial charge in [0.15, 0.2) is 6.61 Å². The van der Waals surface area contributed by atoms with E-state index >= 15 is 0 Å². The second-order valence-corrected chi connectivity index (χ2v) is 12.5. The predicted octanol–water partition coefficient (Wildman–Crippen LogP) is 4.29. The number of piperidine rings is 1. The lowest BCUT2D eigenvalue weighted by molar-refractivity contribution is -0.134. The second-order valence-electron chi connectivity index (χ2n) is 9.87. The van der Waals surface area contributed by atoms with Gasteiger partial charge in [-0.1, -0.05) is 34.7 Å². The van der Waals surface area contributed by atoms with E-state index in [0.717, 1.165) is 30.6 Å². The van der Waals surface area contributed by atoms with Crippen LogP contribution in [0.1, 0.15) is 35.6 Å². The summed E-state index contributed by atoms with van der Waals surface area (Å²) in [6.45, 7) is 1.25. The molecule has 3 amide bonds. The average Bonchev–Trinajstić information content (AvgIpc) is 3.46. The van der Waals surface area contributed by atoms with Gasteiger partial charge in [0, 0.05) is 34.5 Å². The summed E-state index contributed by atoms with van der Waals surface area (Å²) in [4.78, 5) is 59.2. The summed E-state index contributed by atoms with van der Waals surface area (Å²) >= 11 is 8.64. The first-order valence-corrected chi connectivity index (χ1v) is 15.0. The first kappa shape index (κ1) is 26.9. The smallest absolute Gasteiger partial charge is 0.305 e. The van der Waals surface area contributed by atoms with Crippen LogP contribution in [-0.4, -0.2) is 59.7 Å². The topological polar surface area (TPSA) is 109 Å². The Hall–Kier alpha value is -3.28. The monoisotopic (exact) mass is 599 g/mol. The molecule has 1 aromatic heterocycles. The molecule has 208 valence electrons. The Morgan fingerprint density at radius 1 is 1.05 bits per heavy atom. The third-order valence-corrected chi connectivity index (χ3v) is 10.2. The van der Waals surface area contributed by atoms with Crippen LogP contribution < -0.4 is 19.2 Å². The standard InChI is InChI=1S/C28H26ClN3O6S2/c1-37-17-8-6-16(7-9-17)32-26(34)22-21(23-25(30-28(36)40-23)39-24(22)27(32)35)18-13-15(29)5-10-19(18)38-14-20(33)31-11-3-2-4-12-31/h5-10,13,21-22,24H,2-4,11-12,14H2,1H3,(H,30,36)/t21-,22?,24?/m1/s1. The number of imide groups is 1. The number of amides is 3. The number of likely N-dealkylation sites (tertiary alicyclic amines) is 1. The van der Waals surface area contributed by atoms with Gasteiger partial charge in [0.05, 0.1) is 23.7 Å². The number of halogens is 1. The van der Waals surface area contributed by atoms with Crippen molar-refractivity contribution in [2.45, 2.75) is 35.5 Å². The third kappa shape index (κ3) is 4.80. The van der Waals surface area contributed by atoms with Crippen LogP contribution in [0.3, 0.4) is 0 Å². The van der Waals surface area contributed by atoms with Crippen LogP contribution in [0.15, 0.2) is 52.3 Å². The lowest BCUT2D eigenvalue weighted by Gasteiger charge is -2.31. The number of ether oxygens (including phenoxy) is 2. The number of thioether (sulfide) groups is 1. The van der Waals surface area contributed by atoms with E-state index in [2.05, 4.69) is 4.98 Å². The first-order chi connectivity index (χ1) is 19.4. The molecule has 3 atom stereocenters. The molecule has 0 spiro atoms.